The lowest BCUT2D eigenvalue weighted by Gasteiger charge is -2.23. The fourth-order valence-corrected chi connectivity index (χ4v) is 3.18. The number of hydrogen-bond acceptors (Lipinski definition) is 5. The number of anilines is 2. The summed E-state index contributed by atoms with van der Waals surface area (Å²) in [5.74, 6) is 0.274. The molecule has 0 aliphatic carbocycles. The number of nitrogens with one attached hydrogen (secondary N) is 2. The molecule has 1 atom stereocenters. The van der Waals surface area contributed by atoms with Gasteiger partial charge in [0.05, 0.1) is 10.7 Å². The molecule has 142 valence electrons. The van der Waals surface area contributed by atoms with Crippen molar-refractivity contribution >= 4 is 34.8 Å². The summed E-state index contributed by atoms with van der Waals surface area (Å²) < 4.78 is 10.8. The normalized spacial score (nSPS) is 15.4. The lowest BCUT2D eigenvalue weighted by molar-refractivity contribution is -0.122. The van der Waals surface area contributed by atoms with Gasteiger partial charge in [0.25, 0.3) is 11.8 Å². The van der Waals surface area contributed by atoms with E-state index in [1.54, 1.807) is 56.3 Å². The molecule has 3 aromatic rings. The Morgan fingerprint density at radius 1 is 1.25 bits per heavy atom. The Bertz CT molecular complexity index is 1090. The maximum Gasteiger partial charge on any atom is 0.265 e. The van der Waals surface area contributed by atoms with Crippen molar-refractivity contribution in [2.45, 2.75) is 20.0 Å². The first-order chi connectivity index (χ1) is 13.4. The van der Waals surface area contributed by atoms with Gasteiger partial charge in [-0.3, -0.25) is 9.59 Å². The van der Waals surface area contributed by atoms with Crippen molar-refractivity contribution in [1.82, 2.24) is 5.16 Å². The molecule has 0 fully saturated rings. The first kappa shape index (κ1) is 18.1. The second kappa shape index (κ2) is 7.01. The van der Waals surface area contributed by atoms with Crippen LogP contribution in [0, 0.1) is 6.92 Å². The van der Waals surface area contributed by atoms with Gasteiger partial charge in [-0.05, 0) is 38.1 Å². The summed E-state index contributed by atoms with van der Waals surface area (Å²) in [6.07, 6.45) is -0.564. The number of fused-ring (bicyclic) bond motifs is 1. The van der Waals surface area contributed by atoms with Crippen LogP contribution in [0.5, 0.6) is 5.75 Å². The van der Waals surface area contributed by atoms with Crippen LogP contribution in [0.15, 0.2) is 47.0 Å². The topological polar surface area (TPSA) is 93.5 Å². The van der Waals surface area contributed by atoms with E-state index in [0.29, 0.717) is 44.7 Å². The smallest absolute Gasteiger partial charge is 0.265 e. The Kier molecular flexibility index (Phi) is 4.52. The predicted octanol–water partition coefficient (Wildman–Crippen LogP) is 4.28. The third-order valence-electron chi connectivity index (χ3n) is 4.39. The first-order valence-electron chi connectivity index (χ1n) is 8.58. The zero-order valence-corrected chi connectivity index (χ0v) is 15.8. The van der Waals surface area contributed by atoms with Gasteiger partial charge in [-0.2, -0.15) is 0 Å². The lowest BCUT2D eigenvalue weighted by Crippen LogP contribution is -2.34. The van der Waals surface area contributed by atoms with Gasteiger partial charge < -0.3 is 19.9 Å². The average Bonchev–Trinajstić information content (AvgIpc) is 3.04. The van der Waals surface area contributed by atoms with E-state index in [1.165, 1.54) is 0 Å². The Morgan fingerprint density at radius 2 is 2.04 bits per heavy atom. The molecule has 0 spiro atoms. The van der Waals surface area contributed by atoms with Crippen LogP contribution < -0.4 is 15.4 Å². The van der Waals surface area contributed by atoms with E-state index in [1.807, 2.05) is 0 Å². The Hall–Kier alpha value is -3.32. The molecule has 4 rings (SSSR count). The highest BCUT2D eigenvalue weighted by molar-refractivity contribution is 6.33. The molecule has 1 aromatic heterocycles. The van der Waals surface area contributed by atoms with Crippen LogP contribution in [0.25, 0.3) is 11.3 Å². The van der Waals surface area contributed by atoms with Gasteiger partial charge in [0.15, 0.2) is 6.10 Å². The maximum atomic E-state index is 12.9. The summed E-state index contributed by atoms with van der Waals surface area (Å²) in [5, 5.41) is 10.0. The highest BCUT2D eigenvalue weighted by Gasteiger charge is 2.25. The number of hydrogen-bond donors (Lipinski definition) is 2. The van der Waals surface area contributed by atoms with Crippen LogP contribution in [-0.2, 0) is 4.79 Å². The van der Waals surface area contributed by atoms with Gasteiger partial charge in [-0.15, -0.1) is 0 Å². The fourth-order valence-electron chi connectivity index (χ4n) is 2.96. The molecule has 7 nitrogen and oxygen atoms in total. The number of carbonyl (C=O) groups is 2. The van der Waals surface area contributed by atoms with E-state index in [-0.39, 0.29) is 5.91 Å². The van der Waals surface area contributed by atoms with Crippen LogP contribution in [0.4, 0.5) is 11.4 Å². The minimum Gasteiger partial charge on any atom is -0.479 e. The number of aromatic nitrogens is 1. The molecule has 0 saturated heterocycles. The predicted molar refractivity (Wildman–Crippen MR) is 105 cm³/mol. The Morgan fingerprint density at radius 3 is 2.82 bits per heavy atom. The van der Waals surface area contributed by atoms with E-state index >= 15 is 0 Å². The molecule has 28 heavy (non-hydrogen) atoms. The first-order valence-corrected chi connectivity index (χ1v) is 8.96. The quantitative estimate of drug-likeness (QED) is 0.688. The summed E-state index contributed by atoms with van der Waals surface area (Å²) in [4.78, 5) is 24.7. The molecule has 0 bridgehead atoms. The SMILES string of the molecule is Cc1onc(-c2ccccc2Cl)c1C(=O)Nc1ccc2c(c1)NC(=O)[C@@H](C)O2. The third-order valence-corrected chi connectivity index (χ3v) is 4.72. The largest absolute Gasteiger partial charge is 0.479 e. The van der Waals surface area contributed by atoms with E-state index in [4.69, 9.17) is 20.9 Å². The second-order valence-electron chi connectivity index (χ2n) is 6.36. The molecule has 0 saturated carbocycles. The van der Waals surface area contributed by atoms with E-state index in [9.17, 15) is 9.59 Å². The maximum absolute atomic E-state index is 12.9. The molecule has 2 amide bonds. The van der Waals surface area contributed by atoms with Crippen molar-refractivity contribution < 1.29 is 18.8 Å². The molecule has 2 heterocycles. The van der Waals surface area contributed by atoms with Gasteiger partial charge in [0.2, 0.25) is 0 Å². The standard InChI is InChI=1S/C20H16ClN3O4/c1-10-17(18(24-28-10)13-5-3-4-6-14(13)21)20(26)22-12-7-8-16-15(9-12)23-19(25)11(2)27-16/h3-9,11H,1-2H3,(H,22,26)(H,23,25)/t11-/m1/s1. The van der Waals surface area contributed by atoms with Crippen LogP contribution in [0.3, 0.4) is 0 Å². The summed E-state index contributed by atoms with van der Waals surface area (Å²) in [6.45, 7) is 3.32. The van der Waals surface area contributed by atoms with Crippen molar-refractivity contribution in [3.63, 3.8) is 0 Å². The Balaban J connectivity index is 1.64. The summed E-state index contributed by atoms with van der Waals surface area (Å²) >= 11 is 6.24. The van der Waals surface area contributed by atoms with Crippen molar-refractivity contribution in [1.29, 1.82) is 0 Å². The van der Waals surface area contributed by atoms with Gasteiger partial charge >= 0.3 is 0 Å². The highest BCUT2D eigenvalue weighted by atomic mass is 35.5. The number of rotatable bonds is 3. The van der Waals surface area contributed by atoms with E-state index < -0.39 is 12.0 Å². The molecule has 2 N–H and O–H groups in total. The fraction of sp³-hybridized carbons (Fsp3) is 0.150. The van der Waals surface area contributed by atoms with Crippen LogP contribution in [-0.4, -0.2) is 23.1 Å². The molecule has 0 unspecified atom stereocenters. The lowest BCUT2D eigenvalue weighted by atomic mass is 10.1. The number of amides is 2. The number of carbonyl (C=O) groups excluding carboxylic acids is 2. The van der Waals surface area contributed by atoms with Crippen LogP contribution in [0.1, 0.15) is 23.0 Å². The number of halogens is 1. The summed E-state index contributed by atoms with van der Waals surface area (Å²) in [5.41, 5.74) is 2.25. The molecular formula is C20H16ClN3O4. The molecule has 1 aliphatic rings. The molecule has 0 radical (unpaired) electrons. The summed E-state index contributed by atoms with van der Waals surface area (Å²) in [6, 6.07) is 12.1. The highest BCUT2D eigenvalue weighted by Crippen LogP contribution is 2.34. The van der Waals surface area contributed by atoms with Crippen molar-refractivity contribution in [2.24, 2.45) is 0 Å². The van der Waals surface area contributed by atoms with Crippen LogP contribution >= 0.6 is 11.6 Å². The molecule has 8 heteroatoms. The van der Waals surface area contributed by atoms with Crippen molar-refractivity contribution in [3.05, 3.63) is 58.8 Å². The number of aryl methyl sites for hydroxylation is 1. The zero-order valence-electron chi connectivity index (χ0n) is 15.1. The van der Waals surface area contributed by atoms with Gasteiger partial charge in [0.1, 0.15) is 22.8 Å². The molecular weight excluding hydrogens is 382 g/mol. The van der Waals surface area contributed by atoms with E-state index in [0.717, 1.165) is 0 Å². The second-order valence-corrected chi connectivity index (χ2v) is 6.76. The number of benzene rings is 2. The van der Waals surface area contributed by atoms with Gasteiger partial charge in [0, 0.05) is 11.3 Å². The average molecular weight is 398 g/mol. The van der Waals surface area contributed by atoms with Crippen molar-refractivity contribution in [2.75, 3.05) is 10.6 Å². The minimum atomic E-state index is -0.564. The van der Waals surface area contributed by atoms with Gasteiger partial charge in [-0.25, -0.2) is 0 Å². The number of nitrogens with zero attached hydrogens (tertiary/aromatic N) is 1. The van der Waals surface area contributed by atoms with E-state index in [2.05, 4.69) is 15.8 Å². The van der Waals surface area contributed by atoms with Crippen molar-refractivity contribution in [3.8, 4) is 17.0 Å². The van der Waals surface area contributed by atoms with Gasteiger partial charge in [-0.1, -0.05) is 35.0 Å². The monoisotopic (exact) mass is 397 g/mol. The number of ether oxygens (including phenoxy) is 1. The van der Waals surface area contributed by atoms with Crippen LogP contribution in [0.2, 0.25) is 5.02 Å². The Labute approximate surface area is 165 Å². The molecule has 2 aromatic carbocycles. The third kappa shape index (κ3) is 3.20. The zero-order chi connectivity index (χ0) is 19.8. The molecule has 1 aliphatic heterocycles. The summed E-state index contributed by atoms with van der Waals surface area (Å²) in [7, 11) is 0. The minimum absolute atomic E-state index is 0.244.